The molecule has 4 rings (SSSR count). The molecule has 0 saturated carbocycles. The van der Waals surface area contributed by atoms with E-state index in [-0.39, 0.29) is 24.1 Å². The predicted octanol–water partition coefficient (Wildman–Crippen LogP) is 2.66. The minimum Gasteiger partial charge on any atom is -0.497 e. The first-order valence-electron chi connectivity index (χ1n) is 8.28. The largest absolute Gasteiger partial charge is 0.497 e. The number of benzene rings is 2. The molecule has 1 N–H and O–H groups in total. The maximum Gasteiger partial charge on any atom is 0.256 e. The fraction of sp³-hybridized carbons (Fsp3) is 0.158. The van der Waals surface area contributed by atoms with Crippen LogP contribution < -0.4 is 10.1 Å². The lowest BCUT2D eigenvalue weighted by atomic mass is 10.1. The third kappa shape index (κ3) is 3.43. The Morgan fingerprint density at radius 2 is 2.11 bits per heavy atom. The highest BCUT2D eigenvalue weighted by Gasteiger charge is 2.35. The number of hydrogen-bond donors (Lipinski definition) is 1. The Kier molecular flexibility index (Phi) is 4.64. The van der Waals surface area contributed by atoms with Crippen LogP contribution in [0.15, 0.2) is 58.5 Å². The molecule has 27 heavy (non-hydrogen) atoms. The predicted molar refractivity (Wildman–Crippen MR) is 106 cm³/mol. The van der Waals surface area contributed by atoms with Crippen molar-refractivity contribution < 1.29 is 14.3 Å². The molecule has 2 heterocycles. The van der Waals surface area contributed by atoms with Crippen LogP contribution in [0.3, 0.4) is 0 Å². The number of ether oxygens (including phenoxy) is 1. The van der Waals surface area contributed by atoms with E-state index in [1.807, 2.05) is 24.3 Å². The van der Waals surface area contributed by atoms with Gasteiger partial charge in [-0.25, -0.2) is 9.89 Å². The van der Waals surface area contributed by atoms with Crippen LogP contribution in [0, 0.1) is 0 Å². The van der Waals surface area contributed by atoms with Crippen molar-refractivity contribution >= 4 is 46.0 Å². The van der Waals surface area contributed by atoms with Gasteiger partial charge in [-0.15, -0.1) is 0 Å². The van der Waals surface area contributed by atoms with Crippen LogP contribution in [-0.2, 0) is 9.59 Å². The topological polar surface area (TPSA) is 83.4 Å². The summed E-state index contributed by atoms with van der Waals surface area (Å²) in [5.74, 6) is 1.05. The fourth-order valence-corrected chi connectivity index (χ4v) is 3.66. The fourth-order valence-electron chi connectivity index (χ4n) is 2.84. The third-order valence-electron chi connectivity index (χ3n) is 4.06. The molecule has 0 radical (unpaired) electrons. The van der Waals surface area contributed by atoms with Gasteiger partial charge in [0.05, 0.1) is 18.6 Å². The molecule has 7 nitrogen and oxygen atoms in total. The van der Waals surface area contributed by atoms with Gasteiger partial charge in [0.1, 0.15) is 18.1 Å². The van der Waals surface area contributed by atoms with Crippen molar-refractivity contribution in [3.63, 3.8) is 0 Å². The van der Waals surface area contributed by atoms with Gasteiger partial charge in [-0.1, -0.05) is 30.0 Å². The normalized spacial score (nSPS) is 14.9. The first-order chi connectivity index (χ1) is 13.2. The van der Waals surface area contributed by atoms with Crippen molar-refractivity contribution in [3.8, 4) is 5.75 Å². The number of thioether (sulfide) groups is 1. The molecule has 136 valence electrons. The number of carbonyl (C=O) groups excluding carboxylic acids is 2. The van der Waals surface area contributed by atoms with E-state index in [0.29, 0.717) is 22.4 Å². The molecule has 0 atom stereocenters. The third-order valence-corrected chi connectivity index (χ3v) is 5.00. The molecule has 2 aromatic rings. The first kappa shape index (κ1) is 17.3. The van der Waals surface area contributed by atoms with Gasteiger partial charge >= 0.3 is 0 Å². The van der Waals surface area contributed by atoms with Gasteiger partial charge < -0.3 is 10.1 Å². The molecule has 0 aromatic heterocycles. The molecular weight excluding hydrogens is 364 g/mol. The summed E-state index contributed by atoms with van der Waals surface area (Å²) in [6.45, 7) is 0.0965. The average Bonchev–Trinajstić information content (AvgIpc) is 3.08. The molecule has 0 spiro atoms. The second kappa shape index (κ2) is 7.24. The van der Waals surface area contributed by atoms with Crippen molar-refractivity contribution in [2.45, 2.75) is 0 Å². The molecule has 0 bridgehead atoms. The number of para-hydroxylation sites is 1. The quantitative estimate of drug-likeness (QED) is 0.884. The number of anilines is 1. The second-order valence-electron chi connectivity index (χ2n) is 5.85. The lowest BCUT2D eigenvalue weighted by Crippen LogP contribution is -2.39. The number of nitrogens with one attached hydrogen (secondary N) is 1. The Hall–Kier alpha value is -3.13. The molecule has 2 aliphatic heterocycles. The van der Waals surface area contributed by atoms with Gasteiger partial charge in [-0.3, -0.25) is 14.6 Å². The van der Waals surface area contributed by atoms with E-state index in [2.05, 4.69) is 15.3 Å². The molecule has 0 unspecified atom stereocenters. The summed E-state index contributed by atoms with van der Waals surface area (Å²) in [6.07, 6.45) is 0. The molecule has 2 aliphatic rings. The van der Waals surface area contributed by atoms with Crippen LogP contribution in [0.4, 0.5) is 11.4 Å². The first-order valence-corrected chi connectivity index (χ1v) is 9.26. The van der Waals surface area contributed by atoms with Crippen molar-refractivity contribution in [3.05, 3.63) is 54.1 Å². The molecular formula is C19H16N4O3S. The van der Waals surface area contributed by atoms with Crippen molar-refractivity contribution in [1.82, 2.24) is 4.90 Å². The van der Waals surface area contributed by atoms with Crippen molar-refractivity contribution in [1.29, 1.82) is 0 Å². The minimum absolute atomic E-state index is 0.0965. The zero-order chi connectivity index (χ0) is 18.8. The number of amides is 2. The SMILES string of the molecule is COc1cccc(NC(=O)CSC2=Nc3ccccc3C3=NCC(=O)N23)c1. The van der Waals surface area contributed by atoms with Gasteiger partial charge in [0.25, 0.3) is 5.91 Å². The summed E-state index contributed by atoms with van der Waals surface area (Å²) in [7, 11) is 1.57. The molecule has 2 aromatic carbocycles. The van der Waals surface area contributed by atoms with Gasteiger partial charge in [0, 0.05) is 17.3 Å². The number of rotatable bonds is 4. The van der Waals surface area contributed by atoms with E-state index in [9.17, 15) is 9.59 Å². The number of amidine groups is 2. The lowest BCUT2D eigenvalue weighted by Gasteiger charge is -2.25. The Bertz CT molecular complexity index is 986. The molecule has 0 aliphatic carbocycles. The maximum absolute atomic E-state index is 12.3. The number of nitrogens with zero attached hydrogens (tertiary/aromatic N) is 3. The summed E-state index contributed by atoms with van der Waals surface area (Å²) in [5, 5.41) is 3.29. The molecule has 0 saturated heterocycles. The highest BCUT2D eigenvalue weighted by Crippen LogP contribution is 2.31. The van der Waals surface area contributed by atoms with Gasteiger partial charge in [-0.2, -0.15) is 0 Å². The summed E-state index contributed by atoms with van der Waals surface area (Å²) in [5.41, 5.74) is 2.22. The number of fused-ring (bicyclic) bond motifs is 3. The van der Waals surface area contributed by atoms with E-state index < -0.39 is 0 Å². The Balaban J connectivity index is 1.49. The number of carbonyl (C=O) groups is 2. The lowest BCUT2D eigenvalue weighted by molar-refractivity contribution is -0.122. The number of methoxy groups -OCH3 is 1. The summed E-state index contributed by atoms with van der Waals surface area (Å²) < 4.78 is 5.15. The highest BCUT2D eigenvalue weighted by atomic mass is 32.2. The summed E-state index contributed by atoms with van der Waals surface area (Å²) >= 11 is 1.21. The van der Waals surface area contributed by atoms with E-state index in [1.54, 1.807) is 31.4 Å². The zero-order valence-electron chi connectivity index (χ0n) is 14.5. The Morgan fingerprint density at radius 1 is 1.26 bits per heavy atom. The van der Waals surface area contributed by atoms with E-state index in [0.717, 1.165) is 11.3 Å². The van der Waals surface area contributed by atoms with Gasteiger partial charge in [0.2, 0.25) is 5.91 Å². The molecule has 2 amide bonds. The van der Waals surface area contributed by atoms with Crippen LogP contribution in [0.1, 0.15) is 5.56 Å². The average molecular weight is 380 g/mol. The maximum atomic E-state index is 12.3. The summed E-state index contributed by atoms with van der Waals surface area (Å²) in [6, 6.07) is 14.7. The minimum atomic E-state index is -0.194. The van der Waals surface area contributed by atoms with E-state index >= 15 is 0 Å². The standard InChI is InChI=1S/C19H16N4O3S/c1-26-13-6-4-5-12(9-13)21-16(24)11-27-19-22-15-8-3-2-7-14(15)18-20-10-17(25)23(18)19/h2-9H,10-11H2,1H3,(H,21,24). The zero-order valence-corrected chi connectivity index (χ0v) is 15.3. The van der Waals surface area contributed by atoms with Crippen LogP contribution in [0.25, 0.3) is 0 Å². The van der Waals surface area contributed by atoms with E-state index in [4.69, 9.17) is 4.74 Å². The molecule has 8 heteroatoms. The summed E-state index contributed by atoms with van der Waals surface area (Å²) in [4.78, 5) is 34.9. The van der Waals surface area contributed by atoms with Crippen LogP contribution >= 0.6 is 11.8 Å². The van der Waals surface area contributed by atoms with Crippen molar-refractivity contribution in [2.75, 3.05) is 24.7 Å². The second-order valence-corrected chi connectivity index (χ2v) is 6.79. The van der Waals surface area contributed by atoms with Crippen LogP contribution in [-0.4, -0.2) is 47.1 Å². The van der Waals surface area contributed by atoms with E-state index in [1.165, 1.54) is 16.7 Å². The monoisotopic (exact) mass is 380 g/mol. The Labute approximate surface area is 160 Å². The van der Waals surface area contributed by atoms with Crippen molar-refractivity contribution in [2.24, 2.45) is 9.98 Å². The van der Waals surface area contributed by atoms with Crippen LogP contribution in [0.2, 0.25) is 0 Å². The molecule has 0 fully saturated rings. The highest BCUT2D eigenvalue weighted by molar-refractivity contribution is 8.14. The van der Waals surface area contributed by atoms with Crippen LogP contribution in [0.5, 0.6) is 5.75 Å². The smallest absolute Gasteiger partial charge is 0.256 e. The number of hydrogen-bond acceptors (Lipinski definition) is 6. The van der Waals surface area contributed by atoms with Gasteiger partial charge in [0.15, 0.2) is 5.17 Å². The Morgan fingerprint density at radius 3 is 2.96 bits per heavy atom. The van der Waals surface area contributed by atoms with Gasteiger partial charge in [-0.05, 0) is 24.3 Å². The number of aliphatic imine (C=N–C) groups is 2.